The lowest BCUT2D eigenvalue weighted by Gasteiger charge is -2.10. The van der Waals surface area contributed by atoms with E-state index in [2.05, 4.69) is 15.8 Å². The van der Waals surface area contributed by atoms with Crippen molar-refractivity contribution in [2.75, 3.05) is 13.7 Å². The molecule has 0 aliphatic carbocycles. The summed E-state index contributed by atoms with van der Waals surface area (Å²) in [7, 11) is 1.45. The van der Waals surface area contributed by atoms with Crippen molar-refractivity contribution in [3.05, 3.63) is 64.1 Å². The van der Waals surface area contributed by atoms with Crippen LogP contribution in [0.2, 0.25) is 5.02 Å². The van der Waals surface area contributed by atoms with Crippen LogP contribution in [-0.2, 0) is 11.2 Å². The number of nitrogens with zero attached hydrogens (tertiary/aromatic N) is 1. The van der Waals surface area contributed by atoms with E-state index in [1.807, 2.05) is 31.2 Å². The average Bonchev–Trinajstić information content (AvgIpc) is 3.20. The lowest BCUT2D eigenvalue weighted by atomic mass is 10.2. The summed E-state index contributed by atoms with van der Waals surface area (Å²) in [6.45, 7) is 2.47. The minimum absolute atomic E-state index is 0.0141. The summed E-state index contributed by atoms with van der Waals surface area (Å²) in [6.07, 6.45) is 0.0141. The van der Waals surface area contributed by atoms with E-state index in [-0.39, 0.29) is 12.0 Å². The van der Waals surface area contributed by atoms with Gasteiger partial charge < -0.3 is 9.47 Å². The number of rotatable bonds is 7. The van der Waals surface area contributed by atoms with Gasteiger partial charge in [0.1, 0.15) is 16.5 Å². The minimum atomic E-state index is -0.535. The normalized spacial score (nSPS) is 10.4. The van der Waals surface area contributed by atoms with Gasteiger partial charge in [0.05, 0.1) is 37.0 Å². The molecule has 3 aromatic rings. The second-order valence-corrected chi connectivity index (χ2v) is 7.39. The number of benzene rings is 2. The number of hydrogen-bond donors (Lipinski definition) is 2. The van der Waals surface area contributed by atoms with Gasteiger partial charge >= 0.3 is 0 Å². The zero-order chi connectivity index (χ0) is 21.5. The summed E-state index contributed by atoms with van der Waals surface area (Å²) in [5, 5.41) is 2.95. The standard InChI is InChI=1S/C21H20ClN3O4S/c1-3-29-18-7-5-4-6-15(18)21-23-14(12-30-21)11-19(26)24-25-20(27)16-10-13(22)8-9-17(16)28-2/h4-10,12H,3,11H2,1-2H3,(H,24,26)(H,25,27). The number of aromatic nitrogens is 1. The number of carbonyl (C=O) groups excluding carboxylic acids is 2. The molecule has 0 saturated heterocycles. The third-order valence-corrected chi connectivity index (χ3v) is 5.19. The van der Waals surface area contributed by atoms with Crippen LogP contribution in [0.5, 0.6) is 11.5 Å². The lowest BCUT2D eigenvalue weighted by molar-refractivity contribution is -0.121. The van der Waals surface area contributed by atoms with Crippen molar-refractivity contribution in [1.29, 1.82) is 0 Å². The molecule has 2 amide bonds. The van der Waals surface area contributed by atoms with Gasteiger partial charge in [-0.15, -0.1) is 11.3 Å². The van der Waals surface area contributed by atoms with E-state index in [1.165, 1.54) is 24.5 Å². The van der Waals surface area contributed by atoms with Gasteiger partial charge in [0.15, 0.2) is 0 Å². The molecule has 0 radical (unpaired) electrons. The van der Waals surface area contributed by atoms with Crippen molar-refractivity contribution in [1.82, 2.24) is 15.8 Å². The number of hydrazine groups is 1. The molecule has 3 rings (SSSR count). The van der Waals surface area contributed by atoms with Gasteiger partial charge in [0, 0.05) is 10.4 Å². The molecule has 0 aliphatic heterocycles. The van der Waals surface area contributed by atoms with Crippen LogP contribution in [0, 0.1) is 0 Å². The highest BCUT2D eigenvalue weighted by Crippen LogP contribution is 2.32. The summed E-state index contributed by atoms with van der Waals surface area (Å²) in [6, 6.07) is 12.3. The third-order valence-electron chi connectivity index (χ3n) is 4.03. The minimum Gasteiger partial charge on any atom is -0.496 e. The first-order valence-corrected chi connectivity index (χ1v) is 10.4. The second kappa shape index (κ2) is 10.1. The van der Waals surface area contributed by atoms with Crippen molar-refractivity contribution in [2.45, 2.75) is 13.3 Å². The van der Waals surface area contributed by atoms with E-state index in [0.717, 1.165) is 16.3 Å². The Labute approximate surface area is 183 Å². The summed E-state index contributed by atoms with van der Waals surface area (Å²) >= 11 is 7.36. The SMILES string of the molecule is CCOc1ccccc1-c1nc(CC(=O)NNC(=O)c2cc(Cl)ccc2OC)cs1. The quantitative estimate of drug-likeness (QED) is 0.539. The van der Waals surface area contributed by atoms with E-state index in [0.29, 0.717) is 23.1 Å². The van der Waals surface area contributed by atoms with E-state index < -0.39 is 11.8 Å². The Kier molecular flexibility index (Phi) is 7.26. The Balaban J connectivity index is 1.62. The van der Waals surface area contributed by atoms with Crippen LogP contribution < -0.4 is 20.3 Å². The Morgan fingerprint density at radius 2 is 1.93 bits per heavy atom. The van der Waals surface area contributed by atoms with Crippen LogP contribution in [0.3, 0.4) is 0 Å². The maximum Gasteiger partial charge on any atom is 0.273 e. The fourth-order valence-corrected chi connectivity index (χ4v) is 3.72. The van der Waals surface area contributed by atoms with Crippen LogP contribution in [0.1, 0.15) is 23.0 Å². The molecule has 0 bridgehead atoms. The molecular formula is C21H20ClN3O4S. The molecule has 0 spiro atoms. The lowest BCUT2D eigenvalue weighted by Crippen LogP contribution is -2.42. The fourth-order valence-electron chi connectivity index (χ4n) is 2.70. The number of methoxy groups -OCH3 is 1. The van der Waals surface area contributed by atoms with Crippen molar-refractivity contribution >= 4 is 34.8 Å². The molecule has 30 heavy (non-hydrogen) atoms. The van der Waals surface area contributed by atoms with Gasteiger partial charge in [-0.25, -0.2) is 4.98 Å². The highest BCUT2D eigenvalue weighted by Gasteiger charge is 2.15. The second-order valence-electron chi connectivity index (χ2n) is 6.10. The Morgan fingerprint density at radius 3 is 2.70 bits per heavy atom. The fraction of sp³-hybridized carbons (Fsp3) is 0.190. The number of para-hydroxylation sites is 1. The number of amides is 2. The van der Waals surface area contributed by atoms with Crippen LogP contribution in [-0.4, -0.2) is 30.5 Å². The number of hydrogen-bond acceptors (Lipinski definition) is 6. The zero-order valence-corrected chi connectivity index (χ0v) is 18.0. The molecule has 0 aliphatic rings. The first-order chi connectivity index (χ1) is 14.5. The monoisotopic (exact) mass is 445 g/mol. The highest BCUT2D eigenvalue weighted by atomic mass is 35.5. The van der Waals surface area contributed by atoms with Gasteiger partial charge in [0.2, 0.25) is 5.91 Å². The maximum absolute atomic E-state index is 12.3. The molecule has 1 aromatic heterocycles. The van der Waals surface area contributed by atoms with Crippen molar-refractivity contribution in [2.24, 2.45) is 0 Å². The zero-order valence-electron chi connectivity index (χ0n) is 16.4. The molecule has 0 saturated carbocycles. The summed E-state index contributed by atoms with van der Waals surface area (Å²) < 4.78 is 10.8. The maximum atomic E-state index is 12.3. The van der Waals surface area contributed by atoms with Crippen molar-refractivity contribution in [3.8, 4) is 22.1 Å². The number of carbonyl (C=O) groups is 2. The number of halogens is 1. The topological polar surface area (TPSA) is 89.5 Å². The van der Waals surface area contributed by atoms with Gasteiger partial charge in [-0.2, -0.15) is 0 Å². The van der Waals surface area contributed by atoms with Gasteiger partial charge in [-0.3, -0.25) is 20.4 Å². The Morgan fingerprint density at radius 1 is 1.13 bits per heavy atom. The van der Waals surface area contributed by atoms with Crippen molar-refractivity contribution < 1.29 is 19.1 Å². The first kappa shape index (κ1) is 21.6. The van der Waals surface area contributed by atoms with Crippen LogP contribution >= 0.6 is 22.9 Å². The van der Waals surface area contributed by atoms with E-state index in [9.17, 15) is 9.59 Å². The van der Waals surface area contributed by atoms with Crippen LogP contribution in [0.25, 0.3) is 10.6 Å². The summed E-state index contributed by atoms with van der Waals surface area (Å²) in [5.41, 5.74) is 6.43. The highest BCUT2D eigenvalue weighted by molar-refractivity contribution is 7.13. The largest absolute Gasteiger partial charge is 0.496 e. The molecule has 7 nitrogen and oxygen atoms in total. The average molecular weight is 446 g/mol. The van der Waals surface area contributed by atoms with Gasteiger partial charge in [0.25, 0.3) is 5.91 Å². The molecule has 2 aromatic carbocycles. The summed E-state index contributed by atoms with van der Waals surface area (Å²) in [4.78, 5) is 29.1. The summed E-state index contributed by atoms with van der Waals surface area (Å²) in [5.74, 6) is 0.155. The number of ether oxygens (including phenoxy) is 2. The number of thiazole rings is 1. The Bertz CT molecular complexity index is 1050. The van der Waals surface area contributed by atoms with E-state index >= 15 is 0 Å². The van der Waals surface area contributed by atoms with Gasteiger partial charge in [-0.05, 0) is 37.3 Å². The smallest absolute Gasteiger partial charge is 0.273 e. The molecule has 0 atom stereocenters. The predicted octanol–water partition coefficient (Wildman–Crippen LogP) is 3.87. The van der Waals surface area contributed by atoms with Gasteiger partial charge in [-0.1, -0.05) is 23.7 Å². The molecular weight excluding hydrogens is 426 g/mol. The predicted molar refractivity (Wildman–Crippen MR) is 116 cm³/mol. The first-order valence-electron chi connectivity index (χ1n) is 9.11. The molecule has 2 N–H and O–H groups in total. The van der Waals surface area contributed by atoms with E-state index in [4.69, 9.17) is 21.1 Å². The molecule has 9 heteroatoms. The molecule has 156 valence electrons. The molecule has 0 fully saturated rings. The Hall–Kier alpha value is -3.10. The molecule has 0 unspecified atom stereocenters. The van der Waals surface area contributed by atoms with Crippen molar-refractivity contribution in [3.63, 3.8) is 0 Å². The molecule has 1 heterocycles. The van der Waals surface area contributed by atoms with E-state index in [1.54, 1.807) is 17.5 Å². The van der Waals surface area contributed by atoms with Crippen LogP contribution in [0.4, 0.5) is 0 Å². The third kappa shape index (κ3) is 5.28. The van der Waals surface area contributed by atoms with Crippen LogP contribution in [0.15, 0.2) is 47.8 Å². The number of nitrogens with one attached hydrogen (secondary N) is 2.